The third-order valence-corrected chi connectivity index (χ3v) is 9.61. The van der Waals surface area contributed by atoms with Crippen LogP contribution < -0.4 is 4.90 Å². The molecule has 2 heteroatoms. The summed E-state index contributed by atoms with van der Waals surface area (Å²) < 4.78 is 2.42. The van der Waals surface area contributed by atoms with E-state index in [4.69, 9.17) is 0 Å². The van der Waals surface area contributed by atoms with Gasteiger partial charge in [-0.1, -0.05) is 152 Å². The van der Waals surface area contributed by atoms with Crippen molar-refractivity contribution in [2.45, 2.75) is 0 Å². The van der Waals surface area contributed by atoms with Gasteiger partial charge in [-0.25, -0.2) is 0 Å². The molecular formula is C48H34N2. The van der Waals surface area contributed by atoms with E-state index in [1.807, 2.05) is 0 Å². The molecule has 236 valence electrons. The molecule has 0 N–H and O–H groups in total. The van der Waals surface area contributed by atoms with Crippen LogP contribution in [0.25, 0.3) is 60.9 Å². The lowest BCUT2D eigenvalue weighted by Gasteiger charge is -2.27. The lowest BCUT2D eigenvalue weighted by Crippen LogP contribution is -2.10. The van der Waals surface area contributed by atoms with E-state index in [2.05, 4.69) is 216 Å². The number of rotatable bonds is 7. The van der Waals surface area contributed by atoms with Gasteiger partial charge in [0.2, 0.25) is 0 Å². The van der Waals surface area contributed by atoms with Gasteiger partial charge in [0.05, 0.1) is 16.7 Å². The van der Waals surface area contributed by atoms with E-state index in [0.717, 1.165) is 22.7 Å². The first-order valence-electron chi connectivity index (χ1n) is 17.1. The highest BCUT2D eigenvalue weighted by Crippen LogP contribution is 2.42. The van der Waals surface area contributed by atoms with Crippen LogP contribution in [0.3, 0.4) is 0 Å². The van der Waals surface area contributed by atoms with Crippen molar-refractivity contribution < 1.29 is 0 Å². The van der Waals surface area contributed by atoms with Crippen LogP contribution in [0.4, 0.5) is 17.1 Å². The van der Waals surface area contributed by atoms with E-state index in [1.54, 1.807) is 0 Å². The zero-order valence-corrected chi connectivity index (χ0v) is 27.5. The standard InChI is InChI=1S/C48H34N2/c1-4-14-35(15-5-1)37-24-28-40(29-25-37)49(41-30-26-38(27-31-41)36-16-6-2-7-17-36)42-32-33-48(45(34-42)39-18-8-3-9-19-39)50-46-22-12-10-20-43(46)44-21-11-13-23-47(44)50/h1-34H. The number of benzene rings is 8. The molecule has 1 heterocycles. The average Bonchev–Trinajstić information content (AvgIpc) is 3.54. The first-order chi connectivity index (χ1) is 24.8. The van der Waals surface area contributed by atoms with Crippen molar-refractivity contribution in [2.24, 2.45) is 0 Å². The van der Waals surface area contributed by atoms with Gasteiger partial charge in [0.1, 0.15) is 0 Å². The zero-order valence-electron chi connectivity index (χ0n) is 27.5. The van der Waals surface area contributed by atoms with Gasteiger partial charge in [-0.2, -0.15) is 0 Å². The molecule has 50 heavy (non-hydrogen) atoms. The van der Waals surface area contributed by atoms with Gasteiger partial charge in [0.15, 0.2) is 0 Å². The third kappa shape index (κ3) is 5.34. The molecule has 9 rings (SSSR count). The molecular weight excluding hydrogens is 605 g/mol. The Bertz CT molecular complexity index is 2410. The monoisotopic (exact) mass is 638 g/mol. The minimum Gasteiger partial charge on any atom is -0.310 e. The van der Waals surface area contributed by atoms with Gasteiger partial charge in [0, 0.05) is 33.4 Å². The number of para-hydroxylation sites is 2. The molecule has 0 aliphatic rings. The predicted octanol–water partition coefficient (Wildman–Crippen LogP) is 13.3. The fourth-order valence-corrected chi connectivity index (χ4v) is 7.20. The summed E-state index contributed by atoms with van der Waals surface area (Å²) in [4.78, 5) is 2.37. The summed E-state index contributed by atoms with van der Waals surface area (Å²) in [5.74, 6) is 0. The Morgan fingerprint density at radius 2 is 0.680 bits per heavy atom. The molecule has 0 saturated heterocycles. The van der Waals surface area contributed by atoms with Crippen LogP contribution in [0.5, 0.6) is 0 Å². The molecule has 0 radical (unpaired) electrons. The molecule has 0 aliphatic carbocycles. The smallest absolute Gasteiger partial charge is 0.0542 e. The largest absolute Gasteiger partial charge is 0.310 e. The van der Waals surface area contributed by atoms with Crippen molar-refractivity contribution in [1.29, 1.82) is 0 Å². The average molecular weight is 639 g/mol. The first-order valence-corrected chi connectivity index (χ1v) is 17.1. The van der Waals surface area contributed by atoms with Crippen molar-refractivity contribution in [1.82, 2.24) is 4.57 Å². The van der Waals surface area contributed by atoms with E-state index in [1.165, 1.54) is 55.2 Å². The Morgan fingerprint density at radius 3 is 1.16 bits per heavy atom. The fourth-order valence-electron chi connectivity index (χ4n) is 7.20. The Balaban J connectivity index is 1.24. The van der Waals surface area contributed by atoms with E-state index in [-0.39, 0.29) is 0 Å². The Kier molecular flexibility index (Phi) is 7.53. The van der Waals surface area contributed by atoms with Crippen LogP contribution in [0.15, 0.2) is 206 Å². The van der Waals surface area contributed by atoms with E-state index in [9.17, 15) is 0 Å². The van der Waals surface area contributed by atoms with Crippen LogP contribution in [-0.4, -0.2) is 4.57 Å². The minimum absolute atomic E-state index is 1.09. The number of nitrogens with zero attached hydrogens (tertiary/aromatic N) is 2. The molecule has 0 unspecified atom stereocenters. The van der Waals surface area contributed by atoms with Crippen LogP contribution in [0.2, 0.25) is 0 Å². The van der Waals surface area contributed by atoms with E-state index in [0.29, 0.717) is 0 Å². The van der Waals surface area contributed by atoms with Crippen molar-refractivity contribution >= 4 is 38.9 Å². The number of aromatic nitrogens is 1. The van der Waals surface area contributed by atoms with E-state index >= 15 is 0 Å². The van der Waals surface area contributed by atoms with Crippen LogP contribution in [0.1, 0.15) is 0 Å². The van der Waals surface area contributed by atoms with Gasteiger partial charge in [-0.3, -0.25) is 0 Å². The molecule has 0 atom stereocenters. The normalized spacial score (nSPS) is 11.2. The summed E-state index contributed by atoms with van der Waals surface area (Å²) >= 11 is 0. The van der Waals surface area contributed by atoms with Crippen molar-refractivity contribution in [2.75, 3.05) is 4.90 Å². The summed E-state index contributed by atoms with van der Waals surface area (Å²) in [5, 5.41) is 2.51. The molecule has 0 fully saturated rings. The maximum atomic E-state index is 2.42. The first kappa shape index (κ1) is 29.5. The summed E-state index contributed by atoms with van der Waals surface area (Å²) in [6.45, 7) is 0. The minimum atomic E-state index is 1.09. The van der Waals surface area contributed by atoms with Gasteiger partial charge in [-0.05, 0) is 82.4 Å². The van der Waals surface area contributed by atoms with Crippen molar-refractivity contribution in [3.63, 3.8) is 0 Å². The van der Waals surface area contributed by atoms with Gasteiger partial charge in [-0.15, -0.1) is 0 Å². The lowest BCUT2D eigenvalue weighted by molar-refractivity contribution is 1.17. The van der Waals surface area contributed by atoms with Crippen LogP contribution >= 0.6 is 0 Å². The Hall–Kier alpha value is -6.64. The highest BCUT2D eigenvalue weighted by Gasteiger charge is 2.19. The lowest BCUT2D eigenvalue weighted by atomic mass is 10.0. The fraction of sp³-hybridized carbons (Fsp3) is 0. The molecule has 2 nitrogen and oxygen atoms in total. The van der Waals surface area contributed by atoms with Gasteiger partial charge in [0.25, 0.3) is 0 Å². The number of fused-ring (bicyclic) bond motifs is 3. The third-order valence-electron chi connectivity index (χ3n) is 9.61. The molecule has 0 bridgehead atoms. The zero-order chi connectivity index (χ0) is 33.3. The quantitative estimate of drug-likeness (QED) is 0.169. The molecule has 0 saturated carbocycles. The van der Waals surface area contributed by atoms with Crippen molar-refractivity contribution in [3.05, 3.63) is 206 Å². The highest BCUT2D eigenvalue weighted by molar-refractivity contribution is 6.09. The number of anilines is 3. The topological polar surface area (TPSA) is 8.17 Å². The highest BCUT2D eigenvalue weighted by atomic mass is 15.1. The van der Waals surface area contributed by atoms with Gasteiger partial charge < -0.3 is 9.47 Å². The van der Waals surface area contributed by atoms with Crippen molar-refractivity contribution in [3.8, 4) is 39.1 Å². The Morgan fingerprint density at radius 1 is 0.300 bits per heavy atom. The molecule has 8 aromatic carbocycles. The second-order valence-electron chi connectivity index (χ2n) is 12.6. The summed E-state index contributed by atoms with van der Waals surface area (Å²) in [7, 11) is 0. The maximum absolute atomic E-state index is 2.42. The molecule has 0 spiro atoms. The second kappa shape index (κ2) is 12.8. The molecule has 9 aromatic rings. The molecule has 0 aliphatic heterocycles. The Labute approximate surface area is 292 Å². The van der Waals surface area contributed by atoms with Crippen LogP contribution in [0, 0.1) is 0 Å². The van der Waals surface area contributed by atoms with E-state index < -0.39 is 0 Å². The SMILES string of the molecule is c1ccc(-c2ccc(N(c3ccc(-c4ccccc4)cc3)c3ccc(-n4c5ccccc5c5ccccc54)c(-c4ccccc4)c3)cc2)cc1. The number of hydrogen-bond donors (Lipinski definition) is 0. The summed E-state index contributed by atoms with van der Waals surface area (Å²) in [6, 6.07) is 74.1. The predicted molar refractivity (Wildman–Crippen MR) is 212 cm³/mol. The van der Waals surface area contributed by atoms with Crippen LogP contribution in [-0.2, 0) is 0 Å². The maximum Gasteiger partial charge on any atom is 0.0542 e. The number of hydrogen-bond acceptors (Lipinski definition) is 1. The van der Waals surface area contributed by atoms with Gasteiger partial charge >= 0.3 is 0 Å². The summed E-state index contributed by atoms with van der Waals surface area (Å²) in [5.41, 5.74) is 14.0. The second-order valence-corrected chi connectivity index (χ2v) is 12.6. The molecule has 1 aromatic heterocycles. The molecule has 0 amide bonds. The summed E-state index contributed by atoms with van der Waals surface area (Å²) in [6.07, 6.45) is 0.